The maximum Gasteiger partial charge on any atom is 0.416 e. The smallest absolute Gasteiger partial charge is 0.390 e. The molecule has 9 heteroatoms. The Bertz CT molecular complexity index is 1070. The van der Waals surface area contributed by atoms with Crippen molar-refractivity contribution >= 4 is 11.8 Å². The standard InChI is InChI=1S/C27H32F3N3O3/c1-17-5-7-18(8-6-17)19-9-11-22(12-10-19)33-15-23(24(34)16-33)32-25(35)14-31-26(36)20-3-2-4-21(13-20)27(28,29)30/h2-8,13,19,22-24,34H,9-12,14-16H2,1H3,(H,31,36)(H,32,35)/t19?,22?,23-,24-/m0/s1. The number of aliphatic hydroxyl groups excluding tert-OH is 1. The maximum absolute atomic E-state index is 12.9. The fourth-order valence-electron chi connectivity index (χ4n) is 5.23. The summed E-state index contributed by atoms with van der Waals surface area (Å²) < 4.78 is 38.6. The van der Waals surface area contributed by atoms with E-state index in [1.165, 1.54) is 17.2 Å². The number of aliphatic hydroxyl groups is 1. The topological polar surface area (TPSA) is 81.7 Å². The van der Waals surface area contributed by atoms with Gasteiger partial charge in [-0.3, -0.25) is 14.5 Å². The molecule has 2 aromatic rings. The van der Waals surface area contributed by atoms with Gasteiger partial charge in [0.15, 0.2) is 0 Å². The molecule has 1 heterocycles. The molecule has 2 amide bonds. The summed E-state index contributed by atoms with van der Waals surface area (Å²) in [6.07, 6.45) is -1.06. The summed E-state index contributed by atoms with van der Waals surface area (Å²) in [5, 5.41) is 15.6. The summed E-state index contributed by atoms with van der Waals surface area (Å²) in [6.45, 7) is 2.69. The fourth-order valence-corrected chi connectivity index (χ4v) is 5.23. The molecule has 1 aliphatic heterocycles. The monoisotopic (exact) mass is 503 g/mol. The van der Waals surface area contributed by atoms with Gasteiger partial charge in [-0.2, -0.15) is 13.2 Å². The molecule has 0 aromatic heterocycles. The molecule has 4 rings (SSSR count). The molecule has 0 unspecified atom stereocenters. The first-order valence-corrected chi connectivity index (χ1v) is 12.3. The van der Waals surface area contributed by atoms with Crippen molar-refractivity contribution in [3.05, 3.63) is 70.8 Å². The van der Waals surface area contributed by atoms with Gasteiger partial charge in [0, 0.05) is 24.7 Å². The lowest BCUT2D eigenvalue weighted by Gasteiger charge is -2.34. The summed E-state index contributed by atoms with van der Waals surface area (Å²) in [6, 6.07) is 12.6. The first-order chi connectivity index (χ1) is 17.1. The normalized spacial score (nSPS) is 24.9. The largest absolute Gasteiger partial charge is 0.416 e. The Morgan fingerprint density at radius 2 is 1.72 bits per heavy atom. The minimum absolute atomic E-state index is 0.175. The Kier molecular flexibility index (Phi) is 8.00. The van der Waals surface area contributed by atoms with Crippen LogP contribution in [0.4, 0.5) is 13.2 Å². The molecule has 2 aliphatic rings. The Morgan fingerprint density at radius 1 is 1.03 bits per heavy atom. The number of aryl methyl sites for hydroxylation is 1. The molecule has 0 bridgehead atoms. The highest BCUT2D eigenvalue weighted by atomic mass is 19.4. The van der Waals surface area contributed by atoms with Gasteiger partial charge in [-0.1, -0.05) is 35.9 Å². The lowest BCUT2D eigenvalue weighted by Crippen LogP contribution is -2.47. The van der Waals surface area contributed by atoms with Crippen molar-refractivity contribution in [3.63, 3.8) is 0 Å². The van der Waals surface area contributed by atoms with Crippen LogP contribution < -0.4 is 10.6 Å². The van der Waals surface area contributed by atoms with E-state index in [9.17, 15) is 27.9 Å². The minimum atomic E-state index is -4.56. The number of alkyl halides is 3. The molecular formula is C27H32F3N3O3. The first-order valence-electron chi connectivity index (χ1n) is 12.3. The zero-order valence-corrected chi connectivity index (χ0v) is 20.2. The van der Waals surface area contributed by atoms with Crippen LogP contribution in [0, 0.1) is 6.92 Å². The number of hydrogen-bond donors (Lipinski definition) is 3. The van der Waals surface area contributed by atoms with Crippen LogP contribution in [-0.2, 0) is 11.0 Å². The summed E-state index contributed by atoms with van der Waals surface area (Å²) in [7, 11) is 0. The lowest BCUT2D eigenvalue weighted by atomic mass is 9.81. The van der Waals surface area contributed by atoms with Gasteiger partial charge in [0.1, 0.15) is 0 Å². The second-order valence-electron chi connectivity index (χ2n) is 9.87. The SMILES string of the molecule is Cc1ccc(C2CCC(N3C[C@H](NC(=O)CNC(=O)c4cccc(C(F)(F)F)c4)[C@@H](O)C3)CC2)cc1. The van der Waals surface area contributed by atoms with E-state index in [4.69, 9.17) is 0 Å². The summed E-state index contributed by atoms with van der Waals surface area (Å²) in [5.41, 5.74) is 1.52. The van der Waals surface area contributed by atoms with Crippen LogP contribution in [0.2, 0.25) is 0 Å². The Hall–Kier alpha value is -2.91. The molecular weight excluding hydrogens is 471 g/mol. The highest BCUT2D eigenvalue weighted by Gasteiger charge is 2.37. The van der Waals surface area contributed by atoms with Crippen LogP contribution >= 0.6 is 0 Å². The molecule has 36 heavy (non-hydrogen) atoms. The van der Waals surface area contributed by atoms with Crippen LogP contribution in [0.3, 0.4) is 0 Å². The number of benzene rings is 2. The zero-order valence-electron chi connectivity index (χ0n) is 20.2. The number of nitrogens with zero attached hydrogens (tertiary/aromatic N) is 1. The average molecular weight is 504 g/mol. The van der Waals surface area contributed by atoms with Gasteiger partial charge >= 0.3 is 6.18 Å². The van der Waals surface area contributed by atoms with Crippen molar-refractivity contribution in [2.75, 3.05) is 19.6 Å². The molecule has 6 nitrogen and oxygen atoms in total. The van der Waals surface area contributed by atoms with Gasteiger partial charge in [-0.15, -0.1) is 0 Å². The number of likely N-dealkylation sites (tertiary alicyclic amines) is 1. The predicted octanol–water partition coefficient (Wildman–Crippen LogP) is 3.63. The second kappa shape index (κ2) is 11.0. The molecule has 2 atom stereocenters. The van der Waals surface area contributed by atoms with E-state index < -0.39 is 35.7 Å². The van der Waals surface area contributed by atoms with Gasteiger partial charge in [-0.05, 0) is 62.3 Å². The van der Waals surface area contributed by atoms with Crippen molar-refractivity contribution in [1.29, 1.82) is 0 Å². The fraction of sp³-hybridized carbons (Fsp3) is 0.481. The summed E-state index contributed by atoms with van der Waals surface area (Å²) >= 11 is 0. The molecule has 3 N–H and O–H groups in total. The van der Waals surface area contributed by atoms with Crippen molar-refractivity contribution in [2.45, 2.75) is 62.9 Å². The summed E-state index contributed by atoms with van der Waals surface area (Å²) in [4.78, 5) is 26.8. The van der Waals surface area contributed by atoms with Gasteiger partial charge in [0.05, 0.1) is 24.3 Å². The van der Waals surface area contributed by atoms with Crippen LogP contribution in [0.1, 0.15) is 58.6 Å². The van der Waals surface area contributed by atoms with Gasteiger partial charge in [0.25, 0.3) is 5.91 Å². The number of hydrogen-bond acceptors (Lipinski definition) is 4. The third-order valence-electron chi connectivity index (χ3n) is 7.29. The number of carbonyl (C=O) groups excluding carboxylic acids is 2. The molecule has 1 saturated heterocycles. The van der Waals surface area contributed by atoms with E-state index in [1.807, 2.05) is 0 Å². The second-order valence-corrected chi connectivity index (χ2v) is 9.87. The van der Waals surface area contributed by atoms with Crippen LogP contribution in [0.15, 0.2) is 48.5 Å². The molecule has 1 saturated carbocycles. The quantitative estimate of drug-likeness (QED) is 0.563. The van der Waals surface area contributed by atoms with E-state index in [0.29, 0.717) is 25.0 Å². The van der Waals surface area contributed by atoms with Gasteiger partial charge in [-0.25, -0.2) is 0 Å². The summed E-state index contributed by atoms with van der Waals surface area (Å²) in [5.74, 6) is -0.718. The van der Waals surface area contributed by atoms with Gasteiger partial charge < -0.3 is 15.7 Å². The Balaban J connectivity index is 1.23. The molecule has 2 aromatic carbocycles. The van der Waals surface area contributed by atoms with Crippen molar-refractivity contribution in [1.82, 2.24) is 15.5 Å². The molecule has 1 aliphatic carbocycles. The molecule has 0 radical (unpaired) electrons. The van der Waals surface area contributed by atoms with Crippen LogP contribution in [0.25, 0.3) is 0 Å². The molecule has 2 fully saturated rings. The number of amides is 2. The number of carbonyl (C=O) groups is 2. The minimum Gasteiger partial charge on any atom is -0.390 e. The first kappa shape index (κ1) is 26.2. The van der Waals surface area contributed by atoms with E-state index in [2.05, 4.69) is 46.7 Å². The number of β-amino-alcohol motifs (C(OH)–C–C–N with tert-alkyl or cyclic N) is 1. The van der Waals surface area contributed by atoms with E-state index in [-0.39, 0.29) is 12.1 Å². The number of halogens is 3. The van der Waals surface area contributed by atoms with Crippen molar-refractivity contribution < 1.29 is 27.9 Å². The third-order valence-corrected chi connectivity index (χ3v) is 7.29. The lowest BCUT2D eigenvalue weighted by molar-refractivity contribution is -0.137. The van der Waals surface area contributed by atoms with Crippen molar-refractivity contribution in [3.8, 4) is 0 Å². The number of nitrogens with one attached hydrogen (secondary N) is 2. The van der Waals surface area contributed by atoms with Crippen LogP contribution in [0.5, 0.6) is 0 Å². The van der Waals surface area contributed by atoms with E-state index in [1.54, 1.807) is 0 Å². The molecule has 194 valence electrons. The maximum atomic E-state index is 12.9. The Morgan fingerprint density at radius 3 is 2.39 bits per heavy atom. The predicted molar refractivity (Wildman–Crippen MR) is 129 cm³/mol. The molecule has 0 spiro atoms. The van der Waals surface area contributed by atoms with Gasteiger partial charge in [0.2, 0.25) is 5.91 Å². The van der Waals surface area contributed by atoms with E-state index >= 15 is 0 Å². The third kappa shape index (κ3) is 6.44. The van der Waals surface area contributed by atoms with Crippen LogP contribution in [-0.4, -0.2) is 59.6 Å². The number of rotatable bonds is 6. The zero-order chi connectivity index (χ0) is 25.9. The van der Waals surface area contributed by atoms with E-state index in [0.717, 1.165) is 43.9 Å². The average Bonchev–Trinajstić information content (AvgIpc) is 3.22. The Labute approximate surface area is 208 Å². The van der Waals surface area contributed by atoms with Crippen molar-refractivity contribution in [2.24, 2.45) is 0 Å². The highest BCUT2D eigenvalue weighted by Crippen LogP contribution is 2.36. The highest BCUT2D eigenvalue weighted by molar-refractivity contribution is 5.96.